The molecule has 3 nitrogen and oxygen atoms in total. The van der Waals surface area contributed by atoms with E-state index in [9.17, 15) is 18.3 Å². The van der Waals surface area contributed by atoms with E-state index < -0.39 is 22.8 Å². The third-order valence-corrected chi connectivity index (χ3v) is 4.75. The van der Waals surface area contributed by atoms with Gasteiger partial charge >= 0.3 is 6.18 Å². The zero-order valence-electron chi connectivity index (χ0n) is 11.5. The molecule has 0 saturated heterocycles. The number of aliphatic hydroxyl groups excluding tert-OH is 1. The Morgan fingerprint density at radius 1 is 1.32 bits per heavy atom. The van der Waals surface area contributed by atoms with E-state index in [4.69, 9.17) is 0 Å². The van der Waals surface area contributed by atoms with Gasteiger partial charge in [-0.2, -0.15) is 13.2 Å². The van der Waals surface area contributed by atoms with Gasteiger partial charge in [0.25, 0.3) is 0 Å². The van der Waals surface area contributed by atoms with Gasteiger partial charge in [-0.1, -0.05) is 13.8 Å². The molecule has 0 amide bonds. The molecule has 1 aromatic rings. The average Bonchev–Trinajstić information content (AvgIpc) is 2.79. The largest absolute Gasteiger partial charge is 0.443 e. The number of likely N-dealkylation sites (N-methyl/N-ethyl adjacent to an activating group) is 1. The molecule has 1 unspecified atom stereocenters. The van der Waals surface area contributed by atoms with E-state index in [1.165, 1.54) is 0 Å². The second-order valence-electron chi connectivity index (χ2n) is 4.67. The number of aliphatic hydroxyl groups is 1. The van der Waals surface area contributed by atoms with Crippen LogP contribution in [0.25, 0.3) is 0 Å². The number of nitrogens with zero attached hydrogens (tertiary/aromatic N) is 2. The lowest BCUT2D eigenvalue weighted by Crippen LogP contribution is -2.48. The minimum Gasteiger partial charge on any atom is -0.386 e. The minimum atomic E-state index is -4.46. The van der Waals surface area contributed by atoms with Crippen molar-refractivity contribution in [2.45, 2.75) is 44.5 Å². The highest BCUT2D eigenvalue weighted by molar-refractivity contribution is 7.11. The van der Waals surface area contributed by atoms with Gasteiger partial charge in [-0.25, -0.2) is 4.98 Å². The van der Waals surface area contributed by atoms with Crippen molar-refractivity contribution in [3.8, 4) is 0 Å². The first-order valence-corrected chi connectivity index (χ1v) is 6.89. The molecule has 0 spiro atoms. The summed E-state index contributed by atoms with van der Waals surface area (Å²) in [5.41, 5.74) is -0.574. The molecule has 1 atom stereocenters. The molecule has 1 heterocycles. The summed E-state index contributed by atoms with van der Waals surface area (Å²) >= 11 is 0.510. The first kappa shape index (κ1) is 16.4. The molecule has 7 heteroatoms. The highest BCUT2D eigenvalue weighted by Crippen LogP contribution is 2.40. The summed E-state index contributed by atoms with van der Waals surface area (Å²) in [5.74, 6) is 0. The van der Waals surface area contributed by atoms with Gasteiger partial charge < -0.3 is 10.0 Å². The second-order valence-corrected chi connectivity index (χ2v) is 5.74. The molecule has 1 rings (SSSR count). The number of thiazole rings is 1. The highest BCUT2D eigenvalue weighted by Gasteiger charge is 2.41. The molecule has 0 aliphatic heterocycles. The number of alkyl halides is 3. The predicted octanol–water partition coefficient (Wildman–Crippen LogP) is 3.32. The average molecular weight is 296 g/mol. The Balaban J connectivity index is 3.11. The molecule has 0 aliphatic rings. The van der Waals surface area contributed by atoms with E-state index in [0.717, 1.165) is 6.20 Å². The first-order valence-electron chi connectivity index (χ1n) is 6.07. The molecular formula is C12H19F3N2OS. The minimum absolute atomic E-state index is 0.254. The lowest BCUT2D eigenvalue weighted by Gasteiger charge is -2.42. The van der Waals surface area contributed by atoms with E-state index in [1.54, 1.807) is 0 Å². The van der Waals surface area contributed by atoms with Crippen LogP contribution in [0.4, 0.5) is 13.2 Å². The maximum absolute atomic E-state index is 12.5. The Morgan fingerprint density at radius 2 is 1.84 bits per heavy atom. The quantitative estimate of drug-likeness (QED) is 0.905. The van der Waals surface area contributed by atoms with Crippen molar-refractivity contribution in [1.29, 1.82) is 0 Å². The molecule has 0 aliphatic carbocycles. The maximum atomic E-state index is 12.5. The van der Waals surface area contributed by atoms with Crippen molar-refractivity contribution in [2.75, 3.05) is 14.1 Å². The lowest BCUT2D eigenvalue weighted by atomic mass is 9.84. The zero-order chi connectivity index (χ0) is 14.8. The van der Waals surface area contributed by atoms with Crippen LogP contribution < -0.4 is 0 Å². The van der Waals surface area contributed by atoms with Crippen molar-refractivity contribution >= 4 is 11.3 Å². The molecule has 0 bridgehead atoms. The molecule has 0 radical (unpaired) electrons. The summed E-state index contributed by atoms with van der Waals surface area (Å²) in [4.78, 5) is 5.49. The van der Waals surface area contributed by atoms with Crippen LogP contribution in [0, 0.1) is 0 Å². The fraction of sp³-hybridized carbons (Fsp3) is 0.750. The topological polar surface area (TPSA) is 36.4 Å². The van der Waals surface area contributed by atoms with Crippen molar-refractivity contribution in [1.82, 2.24) is 9.88 Å². The summed E-state index contributed by atoms with van der Waals surface area (Å²) in [6, 6.07) is 0. The van der Waals surface area contributed by atoms with Crippen LogP contribution in [0.2, 0.25) is 0 Å². The molecule has 0 fully saturated rings. The Hall–Kier alpha value is -0.660. The molecule has 0 aromatic carbocycles. The molecule has 1 aromatic heterocycles. The van der Waals surface area contributed by atoms with Gasteiger partial charge in [0, 0.05) is 6.20 Å². The normalized spacial score (nSPS) is 15.0. The van der Waals surface area contributed by atoms with Crippen LogP contribution >= 0.6 is 11.3 Å². The maximum Gasteiger partial charge on any atom is 0.443 e. The fourth-order valence-corrected chi connectivity index (χ4v) is 3.20. The van der Waals surface area contributed by atoms with Gasteiger partial charge in [0.15, 0.2) is 5.01 Å². The van der Waals surface area contributed by atoms with E-state index >= 15 is 0 Å². The van der Waals surface area contributed by atoms with Crippen LogP contribution in [0.15, 0.2) is 6.20 Å². The number of hydrogen-bond acceptors (Lipinski definition) is 4. The SMILES string of the molecule is CCC(CC)(C(O)c1cnc(C(F)(F)F)s1)N(C)C. The number of hydrogen-bond donors (Lipinski definition) is 1. The summed E-state index contributed by atoms with van der Waals surface area (Å²) in [6.45, 7) is 3.83. The van der Waals surface area contributed by atoms with E-state index in [-0.39, 0.29) is 4.88 Å². The van der Waals surface area contributed by atoms with Crippen LogP contribution in [-0.2, 0) is 6.18 Å². The third-order valence-electron chi connectivity index (χ3n) is 3.66. The summed E-state index contributed by atoms with van der Waals surface area (Å²) < 4.78 is 37.6. The van der Waals surface area contributed by atoms with Gasteiger partial charge in [-0.3, -0.25) is 0 Å². The number of rotatable bonds is 5. The fourth-order valence-electron chi connectivity index (χ4n) is 2.32. The molecule has 1 N–H and O–H groups in total. The van der Waals surface area contributed by atoms with Crippen LogP contribution in [0.1, 0.15) is 42.7 Å². The van der Waals surface area contributed by atoms with Crippen molar-refractivity contribution < 1.29 is 18.3 Å². The first-order chi connectivity index (χ1) is 8.69. The Morgan fingerprint density at radius 3 is 2.16 bits per heavy atom. The van der Waals surface area contributed by atoms with Crippen LogP contribution in [-0.4, -0.2) is 34.6 Å². The lowest BCUT2D eigenvalue weighted by molar-refractivity contribution is -0.137. The second kappa shape index (κ2) is 5.76. The van der Waals surface area contributed by atoms with Crippen LogP contribution in [0.5, 0.6) is 0 Å². The Labute approximate surface area is 115 Å². The van der Waals surface area contributed by atoms with Crippen molar-refractivity contribution in [3.63, 3.8) is 0 Å². The molecule has 0 saturated carbocycles. The van der Waals surface area contributed by atoms with Crippen LogP contribution in [0.3, 0.4) is 0 Å². The number of halogens is 3. The summed E-state index contributed by atoms with van der Waals surface area (Å²) in [7, 11) is 3.64. The smallest absolute Gasteiger partial charge is 0.386 e. The van der Waals surface area contributed by atoms with E-state index in [0.29, 0.717) is 24.2 Å². The number of aromatic nitrogens is 1. The van der Waals surface area contributed by atoms with Gasteiger partial charge in [0.1, 0.15) is 6.10 Å². The Kier molecular flexibility index (Phi) is 4.97. The zero-order valence-corrected chi connectivity index (χ0v) is 12.3. The summed E-state index contributed by atoms with van der Waals surface area (Å²) in [6.07, 6.45) is -3.04. The van der Waals surface area contributed by atoms with E-state index in [2.05, 4.69) is 4.98 Å². The predicted molar refractivity (Wildman–Crippen MR) is 69.1 cm³/mol. The monoisotopic (exact) mass is 296 g/mol. The summed E-state index contributed by atoms with van der Waals surface area (Å²) in [5, 5.41) is 9.53. The third kappa shape index (κ3) is 3.09. The van der Waals surface area contributed by atoms with Crippen molar-refractivity contribution in [2.24, 2.45) is 0 Å². The standard InChI is InChI=1S/C12H19F3N2OS/c1-5-11(6-2,17(3)4)9(18)8-7-16-10(19-8)12(13,14)15/h7,9,18H,5-6H2,1-4H3. The van der Waals surface area contributed by atoms with Gasteiger partial charge in [-0.15, -0.1) is 11.3 Å². The van der Waals surface area contributed by atoms with Gasteiger partial charge in [0.2, 0.25) is 0 Å². The molecular weight excluding hydrogens is 277 g/mol. The highest BCUT2D eigenvalue weighted by atomic mass is 32.1. The van der Waals surface area contributed by atoms with E-state index in [1.807, 2.05) is 32.8 Å². The Bertz CT molecular complexity index is 413. The van der Waals surface area contributed by atoms with Gasteiger partial charge in [-0.05, 0) is 26.9 Å². The van der Waals surface area contributed by atoms with Crippen molar-refractivity contribution in [3.05, 3.63) is 16.1 Å². The molecule has 110 valence electrons. The van der Waals surface area contributed by atoms with Gasteiger partial charge in [0.05, 0.1) is 10.4 Å². The molecule has 19 heavy (non-hydrogen) atoms.